The van der Waals surface area contributed by atoms with Crippen molar-refractivity contribution in [2.24, 2.45) is 5.92 Å². The monoisotopic (exact) mass is 237 g/mol. The van der Waals surface area contributed by atoms with Gasteiger partial charge >= 0.3 is 0 Å². The topological polar surface area (TPSA) is 20.3 Å². The summed E-state index contributed by atoms with van der Waals surface area (Å²) in [5.74, 6) is 0.405. The fourth-order valence-electron chi connectivity index (χ4n) is 2.35. The molecule has 2 nitrogen and oxygen atoms in total. The molecule has 2 rings (SSSR count). The van der Waals surface area contributed by atoms with Gasteiger partial charge in [0, 0.05) is 17.8 Å². The number of carbonyl (C=O) groups excluding carboxylic acids is 1. The Balaban J connectivity index is 2.69. The molecule has 1 heterocycles. The van der Waals surface area contributed by atoms with Gasteiger partial charge in [0.1, 0.15) is 0 Å². The molecule has 1 aliphatic heterocycles. The molecule has 0 aromatic heterocycles. The van der Waals surface area contributed by atoms with E-state index in [4.69, 9.17) is 11.6 Å². The van der Waals surface area contributed by atoms with Crippen LogP contribution < -0.4 is 4.90 Å². The third-order valence-corrected chi connectivity index (χ3v) is 4.02. The predicted octanol–water partition coefficient (Wildman–Crippen LogP) is 3.23. The lowest BCUT2D eigenvalue weighted by Crippen LogP contribution is -2.40. The van der Waals surface area contributed by atoms with E-state index in [1.807, 2.05) is 32.2 Å². The van der Waals surface area contributed by atoms with Crippen molar-refractivity contribution in [3.05, 3.63) is 28.8 Å². The second kappa shape index (κ2) is 3.49. The average molecular weight is 238 g/mol. The Kier molecular flexibility index (Phi) is 2.50. The molecule has 0 spiro atoms. The fourth-order valence-corrected chi connectivity index (χ4v) is 2.52. The number of halogens is 1. The van der Waals surface area contributed by atoms with Gasteiger partial charge in [0.2, 0.25) is 5.91 Å². The summed E-state index contributed by atoms with van der Waals surface area (Å²) in [7, 11) is 1.82. The number of amides is 1. The lowest BCUT2D eigenvalue weighted by atomic mass is 9.74. The third-order valence-electron chi connectivity index (χ3n) is 3.78. The smallest absolute Gasteiger partial charge is 0.237 e. The highest BCUT2D eigenvalue weighted by Gasteiger charge is 2.47. The number of hydrogen-bond donors (Lipinski definition) is 0. The standard InChI is InChI=1S/C13H16ClNO/c1-8(2)13(3)10-7-9(14)5-6-11(10)15(4)12(13)16/h5-8H,1-4H3. The van der Waals surface area contributed by atoms with Crippen LogP contribution in [0.3, 0.4) is 0 Å². The Bertz CT molecular complexity index is 455. The molecule has 3 heteroatoms. The minimum Gasteiger partial charge on any atom is -0.314 e. The van der Waals surface area contributed by atoms with Crippen LogP contribution in [0.15, 0.2) is 18.2 Å². The van der Waals surface area contributed by atoms with Crippen LogP contribution in [-0.2, 0) is 10.2 Å². The van der Waals surface area contributed by atoms with Gasteiger partial charge in [0.05, 0.1) is 5.41 Å². The predicted molar refractivity (Wildman–Crippen MR) is 67.1 cm³/mol. The van der Waals surface area contributed by atoms with Crippen LogP contribution in [0, 0.1) is 5.92 Å². The highest BCUT2D eigenvalue weighted by molar-refractivity contribution is 6.31. The minimum absolute atomic E-state index is 0.153. The molecule has 1 aromatic rings. The summed E-state index contributed by atoms with van der Waals surface area (Å²) < 4.78 is 0. The van der Waals surface area contributed by atoms with Crippen LogP contribution in [0.5, 0.6) is 0 Å². The zero-order chi connectivity index (χ0) is 12.1. The molecule has 1 aliphatic rings. The summed E-state index contributed by atoms with van der Waals surface area (Å²) in [5, 5.41) is 0.689. The molecule has 1 aromatic carbocycles. The molecule has 1 amide bonds. The summed E-state index contributed by atoms with van der Waals surface area (Å²) in [5.41, 5.74) is 1.57. The first kappa shape index (κ1) is 11.5. The Morgan fingerprint density at radius 1 is 1.38 bits per heavy atom. The molecule has 1 atom stereocenters. The van der Waals surface area contributed by atoms with Gasteiger partial charge < -0.3 is 4.90 Å². The van der Waals surface area contributed by atoms with Gasteiger partial charge in [-0.05, 0) is 36.6 Å². The van der Waals surface area contributed by atoms with Gasteiger partial charge in [-0.25, -0.2) is 0 Å². The van der Waals surface area contributed by atoms with E-state index in [1.54, 1.807) is 4.90 Å². The normalized spacial score (nSPS) is 24.1. The molecular formula is C13H16ClNO. The zero-order valence-corrected chi connectivity index (χ0v) is 10.8. The number of fused-ring (bicyclic) bond motifs is 1. The highest BCUT2D eigenvalue weighted by atomic mass is 35.5. The van der Waals surface area contributed by atoms with Crippen molar-refractivity contribution in [3.63, 3.8) is 0 Å². The maximum absolute atomic E-state index is 12.3. The molecule has 86 valence electrons. The number of nitrogens with zero attached hydrogens (tertiary/aromatic N) is 1. The Hall–Kier alpha value is -1.02. The van der Waals surface area contributed by atoms with E-state index in [1.165, 1.54) is 0 Å². The number of likely N-dealkylation sites (N-methyl/N-ethyl adjacent to an activating group) is 1. The van der Waals surface area contributed by atoms with E-state index < -0.39 is 5.41 Å². The Morgan fingerprint density at radius 3 is 2.56 bits per heavy atom. The molecule has 16 heavy (non-hydrogen) atoms. The van der Waals surface area contributed by atoms with Crippen molar-refractivity contribution in [2.75, 3.05) is 11.9 Å². The van der Waals surface area contributed by atoms with Crippen molar-refractivity contribution < 1.29 is 4.79 Å². The first-order valence-corrected chi connectivity index (χ1v) is 5.85. The molecular weight excluding hydrogens is 222 g/mol. The van der Waals surface area contributed by atoms with Crippen LogP contribution in [0.1, 0.15) is 26.3 Å². The third kappa shape index (κ3) is 1.29. The number of anilines is 1. The van der Waals surface area contributed by atoms with Gasteiger partial charge in [-0.2, -0.15) is 0 Å². The van der Waals surface area contributed by atoms with Crippen molar-refractivity contribution in [3.8, 4) is 0 Å². The largest absolute Gasteiger partial charge is 0.314 e. The van der Waals surface area contributed by atoms with Crippen molar-refractivity contribution in [2.45, 2.75) is 26.2 Å². The van der Waals surface area contributed by atoms with E-state index >= 15 is 0 Å². The molecule has 0 aliphatic carbocycles. The minimum atomic E-state index is -0.449. The zero-order valence-electron chi connectivity index (χ0n) is 10.0. The van der Waals surface area contributed by atoms with Crippen LogP contribution in [0.25, 0.3) is 0 Å². The van der Waals surface area contributed by atoms with Crippen molar-refractivity contribution in [1.29, 1.82) is 0 Å². The number of hydrogen-bond acceptors (Lipinski definition) is 1. The molecule has 0 radical (unpaired) electrons. The van der Waals surface area contributed by atoms with E-state index in [2.05, 4.69) is 13.8 Å². The molecule has 0 N–H and O–H groups in total. The molecule has 1 unspecified atom stereocenters. The first-order chi connectivity index (χ1) is 7.39. The SMILES string of the molecule is CC(C)C1(C)C(=O)N(C)c2ccc(Cl)cc21. The lowest BCUT2D eigenvalue weighted by Gasteiger charge is -2.27. The molecule has 0 saturated carbocycles. The first-order valence-electron chi connectivity index (χ1n) is 5.47. The van der Waals surface area contributed by atoms with E-state index in [9.17, 15) is 4.79 Å². The summed E-state index contributed by atoms with van der Waals surface area (Å²) >= 11 is 6.02. The van der Waals surface area contributed by atoms with Gasteiger partial charge in [-0.3, -0.25) is 4.79 Å². The second-order valence-electron chi connectivity index (χ2n) is 4.88. The second-order valence-corrected chi connectivity index (χ2v) is 5.32. The summed E-state index contributed by atoms with van der Waals surface area (Å²) in [6.07, 6.45) is 0. The lowest BCUT2D eigenvalue weighted by molar-refractivity contribution is -0.123. The van der Waals surface area contributed by atoms with E-state index in [0.29, 0.717) is 5.02 Å². The number of carbonyl (C=O) groups is 1. The van der Waals surface area contributed by atoms with Crippen LogP contribution in [0.2, 0.25) is 5.02 Å². The van der Waals surface area contributed by atoms with Gasteiger partial charge in [-0.1, -0.05) is 25.4 Å². The number of rotatable bonds is 1. The molecule has 0 bridgehead atoms. The van der Waals surface area contributed by atoms with Gasteiger partial charge in [0.15, 0.2) is 0 Å². The molecule has 0 saturated heterocycles. The van der Waals surface area contributed by atoms with Crippen LogP contribution in [0.4, 0.5) is 5.69 Å². The average Bonchev–Trinajstić information content (AvgIpc) is 2.42. The number of benzene rings is 1. The van der Waals surface area contributed by atoms with E-state index in [-0.39, 0.29) is 11.8 Å². The Labute approximate surface area is 101 Å². The highest BCUT2D eigenvalue weighted by Crippen LogP contribution is 2.46. The van der Waals surface area contributed by atoms with Gasteiger partial charge in [-0.15, -0.1) is 0 Å². The summed E-state index contributed by atoms with van der Waals surface area (Å²) in [6, 6.07) is 5.66. The van der Waals surface area contributed by atoms with Crippen molar-refractivity contribution >= 4 is 23.2 Å². The van der Waals surface area contributed by atoms with Crippen LogP contribution in [-0.4, -0.2) is 13.0 Å². The maximum atomic E-state index is 12.3. The summed E-state index contributed by atoms with van der Waals surface area (Å²) in [4.78, 5) is 14.0. The molecule has 0 fully saturated rings. The Morgan fingerprint density at radius 2 is 2.00 bits per heavy atom. The maximum Gasteiger partial charge on any atom is 0.237 e. The van der Waals surface area contributed by atoms with Crippen LogP contribution >= 0.6 is 11.6 Å². The van der Waals surface area contributed by atoms with E-state index in [0.717, 1.165) is 11.3 Å². The fraction of sp³-hybridized carbons (Fsp3) is 0.462. The quantitative estimate of drug-likeness (QED) is 0.735. The summed E-state index contributed by atoms with van der Waals surface area (Å²) in [6.45, 7) is 6.14. The van der Waals surface area contributed by atoms with Gasteiger partial charge in [0.25, 0.3) is 0 Å². The van der Waals surface area contributed by atoms with Crippen molar-refractivity contribution in [1.82, 2.24) is 0 Å².